The van der Waals surface area contributed by atoms with Gasteiger partial charge in [-0.3, -0.25) is 0 Å². The molecule has 0 heterocycles. The summed E-state index contributed by atoms with van der Waals surface area (Å²) in [5, 5.41) is 0. The van der Waals surface area contributed by atoms with E-state index in [4.69, 9.17) is 13.9 Å². The minimum absolute atomic E-state index is 0. The summed E-state index contributed by atoms with van der Waals surface area (Å²) in [5.41, 5.74) is 0. The Morgan fingerprint density at radius 3 is 1.29 bits per heavy atom. The molecule has 0 aromatic heterocycles. The number of hydrogen-bond acceptors (Lipinski definition) is 4. The number of carbonyl (C=O) groups excluding carboxylic acids is 1. The predicted octanol–water partition coefficient (Wildman–Crippen LogP) is -6.20. The van der Waals surface area contributed by atoms with Crippen LogP contribution in [0.5, 0.6) is 0 Å². The second-order valence-electron chi connectivity index (χ2n) is 0.0680. The van der Waals surface area contributed by atoms with Gasteiger partial charge < -0.3 is 26.2 Å². The van der Waals surface area contributed by atoms with E-state index >= 15 is 0 Å². The summed E-state index contributed by atoms with van der Waals surface area (Å²) in [6.07, 6.45) is 0. The van der Waals surface area contributed by atoms with Gasteiger partial charge in [0.05, 0.1) is 0 Å². The van der Waals surface area contributed by atoms with Crippen LogP contribution in [0, 0.1) is 0 Å². The molecule has 0 aliphatic rings. The summed E-state index contributed by atoms with van der Waals surface area (Å²) in [5.74, 6) is 0. The Bertz CT molecular complexity index is 18.9. The Morgan fingerprint density at radius 1 is 1.29 bits per heavy atom. The molecule has 0 radical (unpaired) electrons. The smallest absolute Gasteiger partial charge is 0.811 e. The molecule has 0 spiro atoms. The molecular weight excluding hydrogens is 122 g/mol. The van der Waals surface area contributed by atoms with Gasteiger partial charge in [-0.2, -0.15) is 0 Å². The second kappa shape index (κ2) is 50.0. The average Bonchev–Trinajstić information content (AvgIpc) is 1.46. The fourth-order valence-corrected chi connectivity index (χ4v) is 0. The molecule has 0 rings (SSSR count). The van der Waals surface area contributed by atoms with E-state index in [0.29, 0.717) is 0 Å². The first-order valence-electron chi connectivity index (χ1n) is 0.622. The summed E-state index contributed by atoms with van der Waals surface area (Å²) < 4.78 is 16.6. The van der Waals surface area contributed by atoms with Crippen molar-refractivity contribution in [1.29, 1.82) is 0 Å². The van der Waals surface area contributed by atoms with Crippen molar-refractivity contribution in [2.24, 2.45) is 0 Å². The molecule has 0 bridgehead atoms. The quantitative estimate of drug-likeness (QED) is 0.238. The minimum atomic E-state index is -0.750. The standard InChI is InChI=1S/CH2O.Li.Na.H2O2S/c1-2;;;1-3-2/h1H2;;;1-2H/q;2*+1;/p-2. The maximum Gasteiger partial charge on any atom is 1.00 e. The first-order valence-corrected chi connectivity index (χ1v) is 1.29. The molecule has 0 unspecified atom stereocenters. The summed E-state index contributed by atoms with van der Waals surface area (Å²) in [7, 11) is 0. The van der Waals surface area contributed by atoms with Gasteiger partial charge in [0, 0.05) is 0 Å². The zero-order valence-corrected chi connectivity index (χ0v) is 7.16. The van der Waals surface area contributed by atoms with Gasteiger partial charge in [0.25, 0.3) is 0 Å². The van der Waals surface area contributed by atoms with Crippen molar-refractivity contribution in [1.82, 2.24) is 0 Å². The molecular formula is CH2LiNaO3S. The van der Waals surface area contributed by atoms with Crippen molar-refractivity contribution in [3.05, 3.63) is 0 Å². The number of hydrogen-bond donors (Lipinski definition) is 0. The van der Waals surface area contributed by atoms with Gasteiger partial charge in [0.1, 0.15) is 6.79 Å². The number of carbonyl (C=O) groups is 1. The van der Waals surface area contributed by atoms with E-state index < -0.39 is 12.3 Å². The van der Waals surface area contributed by atoms with Crippen LogP contribution in [0.25, 0.3) is 0 Å². The molecule has 0 amide bonds. The van der Waals surface area contributed by atoms with E-state index in [1.807, 2.05) is 6.79 Å². The topological polar surface area (TPSA) is 63.2 Å². The minimum Gasteiger partial charge on any atom is -0.811 e. The molecule has 0 N–H and O–H groups in total. The van der Waals surface area contributed by atoms with Crippen molar-refractivity contribution in [2.75, 3.05) is 0 Å². The summed E-state index contributed by atoms with van der Waals surface area (Å²) in [6.45, 7) is 2.00. The van der Waals surface area contributed by atoms with Crippen LogP contribution >= 0.6 is 12.3 Å². The van der Waals surface area contributed by atoms with Gasteiger partial charge in [-0.1, -0.05) is 0 Å². The molecule has 32 valence electrons. The van der Waals surface area contributed by atoms with Gasteiger partial charge in [-0.05, 0) is 0 Å². The van der Waals surface area contributed by atoms with Gasteiger partial charge in [-0.15, -0.1) is 0 Å². The SMILES string of the molecule is C=O.[Li+].[Na+].[O-]S[O-]. The van der Waals surface area contributed by atoms with Gasteiger partial charge in [0.2, 0.25) is 0 Å². The Morgan fingerprint density at radius 2 is 1.29 bits per heavy atom. The molecule has 0 aliphatic carbocycles. The molecule has 0 saturated heterocycles. The van der Waals surface area contributed by atoms with Gasteiger partial charge in [-0.25, -0.2) is 0 Å². The van der Waals surface area contributed by atoms with Crippen molar-refractivity contribution >= 4 is 19.1 Å². The molecule has 3 nitrogen and oxygen atoms in total. The largest absolute Gasteiger partial charge is 1.00 e. The maximum absolute atomic E-state index is 8.29. The zero-order valence-electron chi connectivity index (χ0n) is 4.34. The Balaban J connectivity index is -0.0000000105. The third-order valence-electron chi connectivity index (χ3n) is 0. The monoisotopic (exact) mass is 124 g/mol. The normalized spacial score (nSPS) is 3.14. The first-order chi connectivity index (χ1) is 2.41. The molecule has 6 heteroatoms. The molecule has 0 aliphatic heterocycles. The van der Waals surface area contributed by atoms with Crippen LogP contribution in [0.15, 0.2) is 0 Å². The van der Waals surface area contributed by atoms with Crippen LogP contribution < -0.4 is 48.4 Å². The van der Waals surface area contributed by atoms with Crippen molar-refractivity contribution < 1.29 is 62.3 Å². The van der Waals surface area contributed by atoms with E-state index in [1.54, 1.807) is 0 Å². The summed E-state index contributed by atoms with van der Waals surface area (Å²) in [4.78, 5) is 8.00. The third kappa shape index (κ3) is 97.8. The van der Waals surface area contributed by atoms with Crippen molar-refractivity contribution in [3.8, 4) is 0 Å². The number of rotatable bonds is 0. The van der Waals surface area contributed by atoms with Crippen molar-refractivity contribution in [2.45, 2.75) is 0 Å². The van der Waals surface area contributed by atoms with Gasteiger partial charge >= 0.3 is 48.4 Å². The van der Waals surface area contributed by atoms with E-state index in [2.05, 4.69) is 0 Å². The maximum atomic E-state index is 8.29. The fourth-order valence-electron chi connectivity index (χ4n) is 0. The second-order valence-corrected chi connectivity index (χ2v) is 0.204. The van der Waals surface area contributed by atoms with Crippen LogP contribution in [-0.4, -0.2) is 15.9 Å². The molecule has 0 aromatic carbocycles. The summed E-state index contributed by atoms with van der Waals surface area (Å²) >= 11 is -0.750. The van der Waals surface area contributed by atoms with E-state index in [1.165, 1.54) is 0 Å². The molecule has 0 fully saturated rings. The van der Waals surface area contributed by atoms with Crippen molar-refractivity contribution in [3.63, 3.8) is 0 Å². The van der Waals surface area contributed by atoms with Crippen LogP contribution in [0.4, 0.5) is 0 Å². The Kier molecular flexibility index (Phi) is 168. The fraction of sp³-hybridized carbons (Fsp3) is 0. The zero-order chi connectivity index (χ0) is 4.71. The average molecular weight is 124 g/mol. The van der Waals surface area contributed by atoms with Crippen LogP contribution in [0.1, 0.15) is 0 Å². The van der Waals surface area contributed by atoms with Crippen LogP contribution in [0.3, 0.4) is 0 Å². The Labute approximate surface area is 80.7 Å². The predicted molar refractivity (Wildman–Crippen MR) is 16.3 cm³/mol. The molecule has 0 aromatic rings. The van der Waals surface area contributed by atoms with E-state index in [0.717, 1.165) is 0 Å². The molecule has 0 atom stereocenters. The molecule has 7 heavy (non-hydrogen) atoms. The first kappa shape index (κ1) is 23.6. The van der Waals surface area contributed by atoms with Crippen LogP contribution in [-0.2, 0) is 4.79 Å². The molecule has 0 saturated carbocycles. The van der Waals surface area contributed by atoms with E-state index in [9.17, 15) is 0 Å². The van der Waals surface area contributed by atoms with Crippen LogP contribution in [0.2, 0.25) is 0 Å². The van der Waals surface area contributed by atoms with E-state index in [-0.39, 0.29) is 48.4 Å². The third-order valence-corrected chi connectivity index (χ3v) is 0. The van der Waals surface area contributed by atoms with Gasteiger partial charge in [0.15, 0.2) is 0 Å². The summed E-state index contributed by atoms with van der Waals surface area (Å²) in [6, 6.07) is 0. The Hall–Kier alpha value is 1.54.